The molecule has 2 heterocycles. The minimum Gasteiger partial charge on any atom is -0.481 e. The predicted octanol–water partition coefficient (Wildman–Crippen LogP) is 4.74. The van der Waals surface area contributed by atoms with Crippen LogP contribution in [0, 0.1) is 5.92 Å². The minimum absolute atomic E-state index is 0.0129. The van der Waals surface area contributed by atoms with Gasteiger partial charge in [-0.3, -0.25) is 9.59 Å². The lowest BCUT2D eigenvalue weighted by Crippen LogP contribution is -2.38. The van der Waals surface area contributed by atoms with Crippen molar-refractivity contribution in [1.29, 1.82) is 0 Å². The van der Waals surface area contributed by atoms with Gasteiger partial charge in [0.2, 0.25) is 0 Å². The largest absolute Gasteiger partial charge is 0.481 e. The Kier molecular flexibility index (Phi) is 5.82. The normalized spacial score (nSPS) is 19.1. The number of para-hydroxylation sites is 1. The maximum absolute atomic E-state index is 13.1. The van der Waals surface area contributed by atoms with E-state index < -0.39 is 5.97 Å². The molecule has 8 heteroatoms. The van der Waals surface area contributed by atoms with Gasteiger partial charge >= 0.3 is 5.97 Å². The van der Waals surface area contributed by atoms with Gasteiger partial charge in [0.05, 0.1) is 25.8 Å². The van der Waals surface area contributed by atoms with Crippen LogP contribution in [0.3, 0.4) is 0 Å². The average Bonchev–Trinajstić information content (AvgIpc) is 3.35. The van der Waals surface area contributed by atoms with Crippen molar-refractivity contribution in [3.8, 4) is 16.3 Å². The number of halogens is 1. The average molecular weight is 474 g/mol. The molecule has 3 aromatic rings. The number of carboxylic acid groups (broad SMARTS) is 1. The number of rotatable bonds is 5. The second-order valence-corrected chi connectivity index (χ2v) is 9.60. The van der Waals surface area contributed by atoms with Gasteiger partial charge in [-0.15, -0.1) is 11.3 Å². The van der Waals surface area contributed by atoms with Crippen LogP contribution in [0.1, 0.15) is 36.0 Å². The Balaban J connectivity index is 1.59. The van der Waals surface area contributed by atoms with Crippen LogP contribution in [0.2, 0.25) is 0 Å². The van der Waals surface area contributed by atoms with Crippen molar-refractivity contribution >= 4 is 39.1 Å². The Morgan fingerprint density at radius 2 is 1.83 bits per heavy atom. The molecule has 1 aliphatic rings. The summed E-state index contributed by atoms with van der Waals surface area (Å²) < 4.78 is 2.69. The summed E-state index contributed by atoms with van der Waals surface area (Å²) in [5.41, 5.74) is 2.04. The molecule has 150 valence electrons. The molecule has 4 rings (SSSR count). The number of carboxylic acids is 1. The Hall–Kier alpha value is -2.45. The minimum atomic E-state index is -0.746. The van der Waals surface area contributed by atoms with Crippen molar-refractivity contribution in [2.75, 3.05) is 0 Å². The molecular weight excluding hydrogens is 454 g/mol. The molecule has 29 heavy (non-hydrogen) atoms. The molecule has 0 bridgehead atoms. The molecule has 6 nitrogen and oxygen atoms in total. The number of aliphatic carboxylic acids is 1. The first-order chi connectivity index (χ1) is 14.0. The van der Waals surface area contributed by atoms with E-state index in [0.717, 1.165) is 14.4 Å². The number of hydrogen-bond acceptors (Lipinski definition) is 4. The molecule has 1 fully saturated rings. The summed E-state index contributed by atoms with van der Waals surface area (Å²) in [6, 6.07) is 13.5. The van der Waals surface area contributed by atoms with Crippen molar-refractivity contribution in [2.24, 2.45) is 5.92 Å². The fourth-order valence-electron chi connectivity index (χ4n) is 3.62. The molecular formula is C21H20BrN3O3S. The zero-order chi connectivity index (χ0) is 20.4. The highest BCUT2D eigenvalue weighted by Gasteiger charge is 2.28. The Morgan fingerprint density at radius 1 is 1.10 bits per heavy atom. The van der Waals surface area contributed by atoms with Crippen molar-refractivity contribution < 1.29 is 14.7 Å². The van der Waals surface area contributed by atoms with E-state index in [0.29, 0.717) is 36.9 Å². The van der Waals surface area contributed by atoms with Gasteiger partial charge in [0.1, 0.15) is 5.69 Å². The molecule has 2 aromatic heterocycles. The van der Waals surface area contributed by atoms with Gasteiger partial charge in [0.15, 0.2) is 0 Å². The first kappa shape index (κ1) is 19.8. The smallest absolute Gasteiger partial charge is 0.306 e. The van der Waals surface area contributed by atoms with Crippen LogP contribution >= 0.6 is 27.3 Å². The molecule has 0 atom stereocenters. The van der Waals surface area contributed by atoms with Crippen LogP contribution in [-0.2, 0) is 4.79 Å². The van der Waals surface area contributed by atoms with Crippen LogP contribution in [0.25, 0.3) is 16.3 Å². The van der Waals surface area contributed by atoms with E-state index >= 15 is 0 Å². The van der Waals surface area contributed by atoms with Gasteiger partial charge in [-0.05, 0) is 65.9 Å². The van der Waals surface area contributed by atoms with E-state index in [1.54, 1.807) is 10.9 Å². The number of nitrogens with zero attached hydrogens (tertiary/aromatic N) is 2. The van der Waals surface area contributed by atoms with Gasteiger partial charge in [0, 0.05) is 12.2 Å². The van der Waals surface area contributed by atoms with E-state index in [1.165, 1.54) is 11.3 Å². The molecule has 0 radical (unpaired) electrons. The van der Waals surface area contributed by atoms with Crippen molar-refractivity contribution in [2.45, 2.75) is 31.7 Å². The van der Waals surface area contributed by atoms with E-state index in [-0.39, 0.29) is 17.9 Å². The fraction of sp³-hybridized carbons (Fsp3) is 0.286. The summed E-state index contributed by atoms with van der Waals surface area (Å²) in [5.74, 6) is -1.22. The standard InChI is InChI=1S/C21H20BrN3O3S/c22-18-11-10-17(29-18)19-16(12-25(24-19)15-4-2-1-3-5-15)20(26)23-14-8-6-13(7-9-14)21(27)28/h1-5,10-14H,6-9H2,(H,23,26)(H,27,28). The van der Waals surface area contributed by atoms with Crippen molar-refractivity contribution in [3.05, 3.63) is 58.0 Å². The van der Waals surface area contributed by atoms with Crippen LogP contribution in [0.5, 0.6) is 0 Å². The maximum Gasteiger partial charge on any atom is 0.306 e. The van der Waals surface area contributed by atoms with Crippen LogP contribution in [-0.4, -0.2) is 32.8 Å². The monoisotopic (exact) mass is 473 g/mol. The van der Waals surface area contributed by atoms with Gasteiger partial charge < -0.3 is 10.4 Å². The van der Waals surface area contributed by atoms with Gasteiger partial charge in [-0.2, -0.15) is 5.10 Å². The first-order valence-electron chi connectivity index (χ1n) is 9.45. The third kappa shape index (κ3) is 4.43. The van der Waals surface area contributed by atoms with E-state index in [2.05, 4.69) is 26.3 Å². The van der Waals surface area contributed by atoms with Gasteiger partial charge in [-0.25, -0.2) is 4.68 Å². The second kappa shape index (κ2) is 8.51. The molecule has 1 aliphatic carbocycles. The highest BCUT2D eigenvalue weighted by atomic mass is 79.9. The molecule has 0 aliphatic heterocycles. The summed E-state index contributed by atoms with van der Waals surface area (Å²) in [5, 5.41) is 16.9. The lowest BCUT2D eigenvalue weighted by atomic mass is 9.86. The number of amides is 1. The van der Waals surface area contributed by atoms with Gasteiger partial charge in [-0.1, -0.05) is 18.2 Å². The van der Waals surface area contributed by atoms with Crippen LogP contribution in [0.15, 0.2) is 52.4 Å². The number of hydrogen-bond donors (Lipinski definition) is 2. The third-order valence-corrected chi connectivity index (χ3v) is 6.83. The molecule has 1 amide bonds. The SMILES string of the molecule is O=C(NC1CCC(C(=O)O)CC1)c1cn(-c2ccccc2)nc1-c1ccc(Br)s1. The Labute approximate surface area is 180 Å². The summed E-state index contributed by atoms with van der Waals surface area (Å²) in [4.78, 5) is 25.1. The quantitative estimate of drug-likeness (QED) is 0.560. The number of carbonyl (C=O) groups excluding carboxylic acids is 1. The van der Waals surface area contributed by atoms with E-state index in [9.17, 15) is 9.59 Å². The fourth-order valence-corrected chi connectivity index (χ4v) is 5.01. The molecule has 1 aromatic carbocycles. The molecule has 0 unspecified atom stereocenters. The number of benzene rings is 1. The zero-order valence-corrected chi connectivity index (χ0v) is 17.9. The van der Waals surface area contributed by atoms with Crippen molar-refractivity contribution in [1.82, 2.24) is 15.1 Å². The Bertz CT molecular complexity index is 1020. The topological polar surface area (TPSA) is 84.2 Å². The molecule has 1 saturated carbocycles. The number of aromatic nitrogens is 2. The predicted molar refractivity (Wildman–Crippen MR) is 115 cm³/mol. The maximum atomic E-state index is 13.1. The highest BCUT2D eigenvalue weighted by Crippen LogP contribution is 2.33. The van der Waals surface area contributed by atoms with E-state index in [4.69, 9.17) is 5.11 Å². The summed E-state index contributed by atoms with van der Waals surface area (Å²) in [6.45, 7) is 0. The summed E-state index contributed by atoms with van der Waals surface area (Å²) in [6.07, 6.45) is 4.30. The first-order valence-corrected chi connectivity index (χ1v) is 11.1. The number of thiophene rings is 1. The van der Waals surface area contributed by atoms with Gasteiger partial charge in [0.25, 0.3) is 5.91 Å². The lowest BCUT2D eigenvalue weighted by molar-refractivity contribution is -0.142. The zero-order valence-electron chi connectivity index (χ0n) is 15.5. The third-order valence-electron chi connectivity index (χ3n) is 5.20. The highest BCUT2D eigenvalue weighted by molar-refractivity contribution is 9.11. The summed E-state index contributed by atoms with van der Waals surface area (Å²) >= 11 is 5.00. The van der Waals surface area contributed by atoms with Crippen LogP contribution < -0.4 is 5.32 Å². The van der Waals surface area contributed by atoms with Crippen molar-refractivity contribution in [3.63, 3.8) is 0 Å². The lowest BCUT2D eigenvalue weighted by Gasteiger charge is -2.26. The number of nitrogens with one attached hydrogen (secondary N) is 1. The molecule has 0 saturated heterocycles. The molecule has 2 N–H and O–H groups in total. The summed E-state index contributed by atoms with van der Waals surface area (Å²) in [7, 11) is 0. The van der Waals surface area contributed by atoms with Crippen LogP contribution in [0.4, 0.5) is 0 Å². The molecule has 0 spiro atoms. The van der Waals surface area contributed by atoms with E-state index in [1.807, 2.05) is 42.5 Å². The second-order valence-electron chi connectivity index (χ2n) is 7.14. The number of carbonyl (C=O) groups is 2. The Morgan fingerprint density at radius 3 is 2.45 bits per heavy atom.